The van der Waals surface area contributed by atoms with Gasteiger partial charge in [-0.15, -0.1) is 10.2 Å². The Kier molecular flexibility index (Phi) is 9.35. The van der Waals surface area contributed by atoms with Gasteiger partial charge < -0.3 is 9.84 Å². The molecule has 0 bridgehead atoms. The molecule has 0 saturated carbocycles. The molecule has 0 aliphatic carbocycles. The standard InChI is InChI=1S/C28H33ClN4O4S/c1-4-11-33(26(34)22-7-5-6-8-23(22)29)28-31-30-25(38-28)21-16-18(2)24(19(3)17-21)37-15-14-32-12-9-20(10-13-32)27(35)36/h5-8,16-17,20H,4,9-15H2,1-3H3,(H,35,36). The summed E-state index contributed by atoms with van der Waals surface area (Å²) < 4.78 is 6.15. The molecule has 2 heterocycles. The van der Waals surface area contributed by atoms with Gasteiger partial charge in [-0.05, 0) is 81.6 Å². The lowest BCUT2D eigenvalue weighted by Gasteiger charge is -2.30. The largest absolute Gasteiger partial charge is 0.492 e. The van der Waals surface area contributed by atoms with Crippen LogP contribution in [0.5, 0.6) is 5.75 Å². The summed E-state index contributed by atoms with van der Waals surface area (Å²) in [6, 6.07) is 11.1. The number of piperidine rings is 1. The second kappa shape index (κ2) is 12.7. The van der Waals surface area contributed by atoms with Crippen molar-refractivity contribution in [3.8, 4) is 16.3 Å². The number of nitrogens with zero attached hydrogens (tertiary/aromatic N) is 4. The molecule has 4 rings (SSSR count). The minimum Gasteiger partial charge on any atom is -0.492 e. The zero-order valence-corrected chi connectivity index (χ0v) is 23.5. The third kappa shape index (κ3) is 6.51. The number of aromatic nitrogens is 2. The number of aliphatic carboxylic acids is 1. The monoisotopic (exact) mass is 556 g/mol. The molecule has 38 heavy (non-hydrogen) atoms. The van der Waals surface area contributed by atoms with Crippen LogP contribution in [-0.2, 0) is 4.79 Å². The molecule has 8 nitrogen and oxygen atoms in total. The van der Waals surface area contributed by atoms with Crippen LogP contribution in [0.1, 0.15) is 47.7 Å². The summed E-state index contributed by atoms with van der Waals surface area (Å²) in [6.45, 7) is 9.41. The zero-order chi connectivity index (χ0) is 27.2. The lowest BCUT2D eigenvalue weighted by molar-refractivity contribution is -0.143. The maximum absolute atomic E-state index is 13.2. The highest BCUT2D eigenvalue weighted by molar-refractivity contribution is 7.18. The van der Waals surface area contributed by atoms with Gasteiger partial charge in [-0.3, -0.25) is 19.4 Å². The number of carboxylic acid groups (broad SMARTS) is 1. The minimum absolute atomic E-state index is 0.191. The molecule has 1 aliphatic heterocycles. The van der Waals surface area contributed by atoms with Gasteiger partial charge >= 0.3 is 5.97 Å². The van der Waals surface area contributed by atoms with E-state index in [9.17, 15) is 14.7 Å². The molecule has 1 aliphatic rings. The Hall–Kier alpha value is -3.01. The number of anilines is 1. The van der Waals surface area contributed by atoms with Gasteiger partial charge in [-0.1, -0.05) is 42.0 Å². The van der Waals surface area contributed by atoms with Gasteiger partial charge in [-0.25, -0.2) is 0 Å². The lowest BCUT2D eigenvalue weighted by atomic mass is 9.97. The fourth-order valence-electron chi connectivity index (χ4n) is 4.71. The summed E-state index contributed by atoms with van der Waals surface area (Å²) in [7, 11) is 0. The smallest absolute Gasteiger partial charge is 0.306 e. The number of benzene rings is 2. The normalized spacial score (nSPS) is 14.4. The highest BCUT2D eigenvalue weighted by atomic mass is 35.5. The quantitative estimate of drug-likeness (QED) is 0.342. The molecule has 10 heteroatoms. The Labute approximate surface area is 232 Å². The van der Waals surface area contributed by atoms with Crippen LogP contribution in [0.4, 0.5) is 5.13 Å². The van der Waals surface area contributed by atoms with Gasteiger partial charge in [0, 0.05) is 18.7 Å². The molecule has 1 fully saturated rings. The van der Waals surface area contributed by atoms with Crippen LogP contribution < -0.4 is 9.64 Å². The molecular weight excluding hydrogens is 524 g/mol. The van der Waals surface area contributed by atoms with Crippen LogP contribution in [0.2, 0.25) is 5.02 Å². The first-order valence-electron chi connectivity index (χ1n) is 12.9. The Bertz CT molecular complexity index is 1270. The molecule has 0 spiro atoms. The number of carbonyl (C=O) groups excluding carboxylic acids is 1. The van der Waals surface area contributed by atoms with E-state index in [2.05, 4.69) is 15.1 Å². The van der Waals surface area contributed by atoms with Crippen molar-refractivity contribution >= 4 is 39.9 Å². The Morgan fingerprint density at radius 2 is 1.84 bits per heavy atom. The van der Waals surface area contributed by atoms with Gasteiger partial charge in [0.15, 0.2) is 0 Å². The van der Waals surface area contributed by atoms with Crippen molar-refractivity contribution in [2.75, 3.05) is 37.7 Å². The van der Waals surface area contributed by atoms with E-state index in [4.69, 9.17) is 16.3 Å². The lowest BCUT2D eigenvalue weighted by Crippen LogP contribution is -2.38. The number of rotatable bonds is 10. The van der Waals surface area contributed by atoms with Crippen molar-refractivity contribution in [3.63, 3.8) is 0 Å². The van der Waals surface area contributed by atoms with Crippen molar-refractivity contribution < 1.29 is 19.4 Å². The summed E-state index contributed by atoms with van der Waals surface area (Å²) in [6.07, 6.45) is 2.14. The van der Waals surface area contributed by atoms with E-state index in [1.807, 2.05) is 32.9 Å². The summed E-state index contributed by atoms with van der Waals surface area (Å²) in [5.74, 6) is -0.266. The molecular formula is C28H33ClN4O4S. The Balaban J connectivity index is 1.43. The van der Waals surface area contributed by atoms with E-state index in [0.717, 1.165) is 53.5 Å². The van der Waals surface area contributed by atoms with Gasteiger partial charge in [0.05, 0.1) is 16.5 Å². The fourth-order valence-corrected chi connectivity index (χ4v) is 5.78. The van der Waals surface area contributed by atoms with Crippen molar-refractivity contribution in [1.82, 2.24) is 15.1 Å². The molecule has 0 unspecified atom stereocenters. The molecule has 2 aromatic carbocycles. The third-order valence-corrected chi connectivity index (χ3v) is 8.06. The third-order valence-electron chi connectivity index (χ3n) is 6.74. The maximum atomic E-state index is 13.2. The SMILES string of the molecule is CCCN(C(=O)c1ccccc1Cl)c1nnc(-c2cc(C)c(OCCN3CCC(C(=O)O)CC3)c(C)c2)s1. The van der Waals surface area contributed by atoms with Crippen LogP contribution in [-0.4, -0.2) is 64.9 Å². The summed E-state index contributed by atoms with van der Waals surface area (Å²) in [5, 5.41) is 19.6. The summed E-state index contributed by atoms with van der Waals surface area (Å²) in [5.41, 5.74) is 3.37. The Morgan fingerprint density at radius 3 is 2.47 bits per heavy atom. The van der Waals surface area contributed by atoms with Gasteiger partial charge in [0.1, 0.15) is 17.4 Å². The van der Waals surface area contributed by atoms with Gasteiger partial charge in [-0.2, -0.15) is 0 Å². The second-order valence-corrected chi connectivity index (χ2v) is 10.9. The molecule has 0 radical (unpaired) electrons. The number of amides is 1. The van der Waals surface area contributed by atoms with Gasteiger partial charge in [0.25, 0.3) is 5.91 Å². The zero-order valence-electron chi connectivity index (χ0n) is 21.9. The number of carboxylic acids is 1. The first-order chi connectivity index (χ1) is 18.3. The number of hydrogen-bond acceptors (Lipinski definition) is 7. The highest BCUT2D eigenvalue weighted by Crippen LogP contribution is 2.34. The van der Waals surface area contributed by atoms with E-state index in [-0.39, 0.29) is 11.8 Å². The average molecular weight is 557 g/mol. The van der Waals surface area contributed by atoms with Crippen LogP contribution in [0.25, 0.3) is 10.6 Å². The highest BCUT2D eigenvalue weighted by Gasteiger charge is 2.25. The van der Waals surface area contributed by atoms with E-state index in [1.165, 1.54) is 11.3 Å². The molecule has 1 aromatic heterocycles. The number of carbonyl (C=O) groups is 2. The predicted octanol–water partition coefficient (Wildman–Crippen LogP) is 5.71. The van der Waals surface area contributed by atoms with E-state index in [0.29, 0.717) is 41.7 Å². The average Bonchev–Trinajstić information content (AvgIpc) is 3.39. The van der Waals surface area contributed by atoms with Gasteiger partial charge in [0.2, 0.25) is 5.13 Å². The number of hydrogen-bond donors (Lipinski definition) is 1. The van der Waals surface area contributed by atoms with Crippen molar-refractivity contribution in [2.24, 2.45) is 5.92 Å². The van der Waals surface area contributed by atoms with Crippen molar-refractivity contribution in [1.29, 1.82) is 0 Å². The predicted molar refractivity (Wildman–Crippen MR) is 151 cm³/mol. The minimum atomic E-state index is -0.694. The Morgan fingerprint density at radius 1 is 1.16 bits per heavy atom. The molecule has 1 N–H and O–H groups in total. The number of likely N-dealkylation sites (tertiary alicyclic amines) is 1. The number of aryl methyl sites for hydroxylation is 2. The number of ether oxygens (including phenoxy) is 1. The molecule has 1 saturated heterocycles. The molecule has 1 amide bonds. The van der Waals surface area contributed by atoms with Crippen molar-refractivity contribution in [2.45, 2.75) is 40.0 Å². The molecule has 3 aromatic rings. The maximum Gasteiger partial charge on any atom is 0.306 e. The summed E-state index contributed by atoms with van der Waals surface area (Å²) >= 11 is 7.66. The van der Waals surface area contributed by atoms with E-state index < -0.39 is 5.97 Å². The van der Waals surface area contributed by atoms with E-state index >= 15 is 0 Å². The topological polar surface area (TPSA) is 95.9 Å². The number of halogens is 1. The first kappa shape index (κ1) is 28.0. The van der Waals surface area contributed by atoms with E-state index in [1.54, 1.807) is 29.2 Å². The van der Waals surface area contributed by atoms with Crippen LogP contribution in [0.15, 0.2) is 36.4 Å². The molecule has 202 valence electrons. The van der Waals surface area contributed by atoms with Crippen LogP contribution >= 0.6 is 22.9 Å². The van der Waals surface area contributed by atoms with Crippen LogP contribution in [0.3, 0.4) is 0 Å². The molecule has 0 atom stereocenters. The van der Waals surface area contributed by atoms with Crippen LogP contribution in [0, 0.1) is 19.8 Å². The first-order valence-corrected chi connectivity index (χ1v) is 14.1. The van der Waals surface area contributed by atoms with Crippen molar-refractivity contribution in [3.05, 3.63) is 58.1 Å². The summed E-state index contributed by atoms with van der Waals surface area (Å²) in [4.78, 5) is 28.3. The fraction of sp³-hybridized carbons (Fsp3) is 0.429. The second-order valence-electron chi connectivity index (χ2n) is 9.57.